The summed E-state index contributed by atoms with van der Waals surface area (Å²) in [6.45, 7) is 9.42. The van der Waals surface area contributed by atoms with Crippen molar-refractivity contribution in [2.45, 2.75) is 33.0 Å². The summed E-state index contributed by atoms with van der Waals surface area (Å²) in [5, 5.41) is 4.55. The molecule has 5 rings (SSSR count). The van der Waals surface area contributed by atoms with Gasteiger partial charge in [0.25, 0.3) is 0 Å². The Balaban J connectivity index is 1.45. The largest absolute Gasteiger partial charge is 0.379 e. The molecule has 2 aromatic heterocycles. The number of aromatic nitrogens is 4. The SMILES string of the molecule is CCn1c(=S)[nH]c2cc3c(NCc4ccccc4C(C)N4CCOCC4)ncnc3cc21. The number of ether oxygens (including phenoxy) is 1. The Morgan fingerprint density at radius 2 is 2.00 bits per heavy atom. The average Bonchev–Trinajstić information content (AvgIpc) is 3.15. The normalized spacial score (nSPS) is 15.9. The van der Waals surface area contributed by atoms with Gasteiger partial charge < -0.3 is 19.6 Å². The van der Waals surface area contributed by atoms with Gasteiger partial charge in [-0.2, -0.15) is 0 Å². The van der Waals surface area contributed by atoms with E-state index in [0.29, 0.717) is 12.6 Å². The fourth-order valence-electron chi connectivity index (χ4n) is 4.61. The maximum atomic E-state index is 5.53. The lowest BCUT2D eigenvalue weighted by Crippen LogP contribution is -2.38. The predicted molar refractivity (Wildman–Crippen MR) is 130 cm³/mol. The maximum Gasteiger partial charge on any atom is 0.178 e. The highest BCUT2D eigenvalue weighted by Crippen LogP contribution is 2.28. The van der Waals surface area contributed by atoms with Gasteiger partial charge in [0.05, 0.1) is 29.8 Å². The lowest BCUT2D eigenvalue weighted by Gasteiger charge is -2.33. The number of hydrogen-bond acceptors (Lipinski definition) is 6. The summed E-state index contributed by atoms with van der Waals surface area (Å²) in [6.07, 6.45) is 1.62. The molecule has 2 aromatic carbocycles. The summed E-state index contributed by atoms with van der Waals surface area (Å²) in [5.74, 6) is 0.828. The van der Waals surface area contributed by atoms with Crippen molar-refractivity contribution in [2.75, 3.05) is 31.6 Å². The number of nitrogens with zero attached hydrogens (tertiary/aromatic N) is 4. The third kappa shape index (κ3) is 3.90. The van der Waals surface area contributed by atoms with Gasteiger partial charge in [0.2, 0.25) is 0 Å². The molecule has 0 spiro atoms. The number of nitrogens with one attached hydrogen (secondary N) is 2. The first kappa shape index (κ1) is 21.1. The molecule has 1 fully saturated rings. The quantitative estimate of drug-likeness (QED) is 0.418. The number of anilines is 1. The molecule has 0 radical (unpaired) electrons. The van der Waals surface area contributed by atoms with Crippen molar-refractivity contribution >= 4 is 40.0 Å². The van der Waals surface area contributed by atoms with Gasteiger partial charge in [-0.1, -0.05) is 24.3 Å². The molecule has 32 heavy (non-hydrogen) atoms. The van der Waals surface area contributed by atoms with Crippen LogP contribution in [0.3, 0.4) is 0 Å². The zero-order valence-corrected chi connectivity index (χ0v) is 19.3. The van der Waals surface area contributed by atoms with E-state index in [1.165, 1.54) is 11.1 Å². The molecule has 0 aliphatic carbocycles. The molecular formula is C24H28N6OS. The Labute approximate surface area is 192 Å². The van der Waals surface area contributed by atoms with Gasteiger partial charge in [0.1, 0.15) is 12.1 Å². The van der Waals surface area contributed by atoms with Crippen molar-refractivity contribution in [2.24, 2.45) is 0 Å². The fourth-order valence-corrected chi connectivity index (χ4v) is 4.94. The van der Waals surface area contributed by atoms with E-state index in [9.17, 15) is 0 Å². The molecule has 0 amide bonds. The number of H-pyrrole nitrogens is 1. The number of imidazole rings is 1. The molecule has 1 aliphatic rings. The van der Waals surface area contributed by atoms with E-state index >= 15 is 0 Å². The highest BCUT2D eigenvalue weighted by Gasteiger charge is 2.20. The van der Waals surface area contributed by atoms with Gasteiger partial charge in [0.15, 0.2) is 4.77 Å². The standard InChI is InChI=1S/C24H28N6OS/c1-3-30-22-13-20-19(12-21(22)28-24(30)32)23(27-15-26-20)25-14-17-6-4-5-7-18(17)16(2)29-8-10-31-11-9-29/h4-7,12-13,15-16H,3,8-11,14H2,1-2H3,(H,28,32)(H,25,26,27). The number of aromatic amines is 1. The van der Waals surface area contributed by atoms with Crippen LogP contribution in [-0.2, 0) is 17.8 Å². The number of aryl methyl sites for hydroxylation is 1. The van der Waals surface area contributed by atoms with Crippen LogP contribution in [0.15, 0.2) is 42.7 Å². The average molecular weight is 449 g/mol. The maximum absolute atomic E-state index is 5.53. The van der Waals surface area contributed by atoms with E-state index in [-0.39, 0.29) is 0 Å². The summed E-state index contributed by atoms with van der Waals surface area (Å²) in [4.78, 5) is 14.9. The number of fused-ring (bicyclic) bond motifs is 2. The third-order valence-electron chi connectivity index (χ3n) is 6.39. The monoisotopic (exact) mass is 448 g/mol. The Morgan fingerprint density at radius 3 is 2.81 bits per heavy atom. The van der Waals surface area contributed by atoms with E-state index in [4.69, 9.17) is 17.0 Å². The Morgan fingerprint density at radius 1 is 1.19 bits per heavy atom. The van der Waals surface area contributed by atoms with Crippen LogP contribution in [0.2, 0.25) is 0 Å². The number of benzene rings is 2. The molecule has 1 atom stereocenters. The van der Waals surface area contributed by atoms with Crippen molar-refractivity contribution in [1.82, 2.24) is 24.4 Å². The van der Waals surface area contributed by atoms with Crippen LogP contribution in [0.5, 0.6) is 0 Å². The lowest BCUT2D eigenvalue weighted by atomic mass is 9.99. The minimum Gasteiger partial charge on any atom is -0.379 e. The molecule has 8 heteroatoms. The summed E-state index contributed by atoms with van der Waals surface area (Å²) in [5.41, 5.74) is 5.59. The molecule has 1 aliphatic heterocycles. The van der Waals surface area contributed by atoms with E-state index < -0.39 is 0 Å². The molecular weight excluding hydrogens is 420 g/mol. The highest BCUT2D eigenvalue weighted by molar-refractivity contribution is 7.71. The van der Waals surface area contributed by atoms with Crippen LogP contribution < -0.4 is 5.32 Å². The van der Waals surface area contributed by atoms with Crippen molar-refractivity contribution in [3.63, 3.8) is 0 Å². The third-order valence-corrected chi connectivity index (χ3v) is 6.71. The first-order chi connectivity index (χ1) is 15.7. The number of rotatable bonds is 6. The molecule has 0 saturated carbocycles. The Hall–Kier alpha value is -2.81. The van der Waals surface area contributed by atoms with Gasteiger partial charge in [0, 0.05) is 37.6 Å². The molecule has 7 nitrogen and oxygen atoms in total. The lowest BCUT2D eigenvalue weighted by molar-refractivity contribution is 0.0197. The first-order valence-corrected chi connectivity index (χ1v) is 11.6. The molecule has 4 aromatic rings. The summed E-state index contributed by atoms with van der Waals surface area (Å²) < 4.78 is 8.34. The Kier molecular flexibility index (Phi) is 5.91. The van der Waals surface area contributed by atoms with Gasteiger partial charge in [-0.15, -0.1) is 0 Å². The van der Waals surface area contributed by atoms with Crippen LogP contribution >= 0.6 is 12.2 Å². The first-order valence-electron chi connectivity index (χ1n) is 11.2. The van der Waals surface area contributed by atoms with Crippen LogP contribution in [0.25, 0.3) is 21.9 Å². The molecule has 3 heterocycles. The minimum absolute atomic E-state index is 0.340. The molecule has 1 unspecified atom stereocenters. The molecule has 2 N–H and O–H groups in total. The predicted octanol–water partition coefficient (Wildman–Crippen LogP) is 4.67. The van der Waals surface area contributed by atoms with Gasteiger partial charge >= 0.3 is 0 Å². The van der Waals surface area contributed by atoms with Crippen molar-refractivity contribution in [3.05, 3.63) is 58.6 Å². The molecule has 1 saturated heterocycles. The Bertz CT molecular complexity index is 1310. The van der Waals surface area contributed by atoms with Crippen LogP contribution in [0.4, 0.5) is 5.82 Å². The zero-order valence-electron chi connectivity index (χ0n) is 18.5. The second-order valence-electron chi connectivity index (χ2n) is 8.16. The van der Waals surface area contributed by atoms with Gasteiger partial charge in [-0.3, -0.25) is 4.90 Å². The van der Waals surface area contributed by atoms with Crippen molar-refractivity contribution in [1.29, 1.82) is 0 Å². The smallest absolute Gasteiger partial charge is 0.178 e. The van der Waals surface area contributed by atoms with Crippen LogP contribution in [0, 0.1) is 4.77 Å². The van der Waals surface area contributed by atoms with E-state index in [1.54, 1.807) is 6.33 Å². The zero-order chi connectivity index (χ0) is 22.1. The van der Waals surface area contributed by atoms with E-state index in [0.717, 1.165) is 65.4 Å². The van der Waals surface area contributed by atoms with Gasteiger partial charge in [-0.05, 0) is 49.3 Å². The van der Waals surface area contributed by atoms with Crippen molar-refractivity contribution in [3.8, 4) is 0 Å². The topological polar surface area (TPSA) is 71.0 Å². The van der Waals surface area contributed by atoms with Crippen LogP contribution in [0.1, 0.15) is 31.0 Å². The summed E-state index contributed by atoms with van der Waals surface area (Å²) in [6, 6.07) is 13.2. The minimum atomic E-state index is 0.340. The van der Waals surface area contributed by atoms with Gasteiger partial charge in [-0.25, -0.2) is 9.97 Å². The summed E-state index contributed by atoms with van der Waals surface area (Å²) >= 11 is 5.48. The second kappa shape index (κ2) is 8.97. The van der Waals surface area contributed by atoms with E-state index in [1.807, 2.05) is 0 Å². The highest BCUT2D eigenvalue weighted by atomic mass is 32.1. The fraction of sp³-hybridized carbons (Fsp3) is 0.375. The second-order valence-corrected chi connectivity index (χ2v) is 8.55. The number of hydrogen-bond donors (Lipinski definition) is 2. The van der Waals surface area contributed by atoms with Crippen molar-refractivity contribution < 1.29 is 4.74 Å². The van der Waals surface area contributed by atoms with Crippen LogP contribution in [-0.4, -0.2) is 50.7 Å². The van der Waals surface area contributed by atoms with E-state index in [2.05, 4.69) is 80.0 Å². The number of morpholine rings is 1. The summed E-state index contributed by atoms with van der Waals surface area (Å²) in [7, 11) is 0. The molecule has 166 valence electrons. The molecule has 0 bridgehead atoms.